The Hall–Kier alpha value is -1.91. The van der Waals surface area contributed by atoms with E-state index in [1.54, 1.807) is 11.0 Å². The molecule has 2 heterocycles. The Balaban J connectivity index is 2.19. The number of rotatable bonds is 2. The van der Waals surface area contributed by atoms with Gasteiger partial charge in [0.1, 0.15) is 5.69 Å². The van der Waals surface area contributed by atoms with E-state index in [-0.39, 0.29) is 17.0 Å². The lowest BCUT2D eigenvalue weighted by Gasteiger charge is -2.38. The predicted molar refractivity (Wildman–Crippen MR) is 70.1 cm³/mol. The summed E-state index contributed by atoms with van der Waals surface area (Å²) in [5, 5.41) is 8.90. The number of carboxylic acids is 1. The van der Waals surface area contributed by atoms with Crippen molar-refractivity contribution in [2.75, 3.05) is 13.1 Å². The van der Waals surface area contributed by atoms with E-state index in [1.807, 2.05) is 0 Å². The average molecular weight is 262 g/mol. The van der Waals surface area contributed by atoms with Crippen LogP contribution < -0.4 is 0 Å². The number of aromatic nitrogens is 1. The summed E-state index contributed by atoms with van der Waals surface area (Å²) in [6.45, 7) is 5.72. The van der Waals surface area contributed by atoms with Crippen LogP contribution in [0.4, 0.5) is 0 Å². The third kappa shape index (κ3) is 3.10. The van der Waals surface area contributed by atoms with Gasteiger partial charge in [0.2, 0.25) is 0 Å². The Bertz CT molecular complexity index is 511. The zero-order valence-electron chi connectivity index (χ0n) is 11.2. The Morgan fingerprint density at radius 3 is 2.79 bits per heavy atom. The van der Waals surface area contributed by atoms with Crippen LogP contribution in [0.2, 0.25) is 0 Å². The molecule has 0 saturated carbocycles. The molecular formula is C14H18N2O3. The number of carbonyl (C=O) groups excluding carboxylic acids is 1. The molecule has 0 radical (unpaired) electrons. The summed E-state index contributed by atoms with van der Waals surface area (Å²) in [7, 11) is 0. The summed E-state index contributed by atoms with van der Waals surface area (Å²) in [6.07, 6.45) is 3.45. The summed E-state index contributed by atoms with van der Waals surface area (Å²) >= 11 is 0. The highest BCUT2D eigenvalue weighted by Gasteiger charge is 2.29. The molecule has 1 fully saturated rings. The molecule has 1 N–H and O–H groups in total. The Morgan fingerprint density at radius 1 is 1.42 bits per heavy atom. The molecule has 102 valence electrons. The van der Waals surface area contributed by atoms with Crippen LogP contribution in [0.3, 0.4) is 0 Å². The minimum absolute atomic E-state index is 0.0953. The number of hydrogen-bond acceptors (Lipinski definition) is 3. The van der Waals surface area contributed by atoms with Crippen molar-refractivity contribution in [2.24, 2.45) is 5.41 Å². The summed E-state index contributed by atoms with van der Waals surface area (Å²) in [4.78, 5) is 28.8. The molecule has 1 saturated heterocycles. The van der Waals surface area contributed by atoms with Crippen molar-refractivity contribution in [3.63, 3.8) is 0 Å². The van der Waals surface area contributed by atoms with Crippen LogP contribution in [0.15, 0.2) is 18.3 Å². The standard InChI is InChI=1S/C14H18N2O3/c1-14(2)5-3-7-16(9-14)12(17)10-4-6-15-11(8-10)13(18)19/h4,6,8H,3,5,7,9H2,1-2H3,(H,18,19). The van der Waals surface area contributed by atoms with Crippen LogP contribution in [0.1, 0.15) is 47.5 Å². The number of amides is 1. The van der Waals surface area contributed by atoms with E-state index < -0.39 is 5.97 Å². The van der Waals surface area contributed by atoms with Gasteiger partial charge in [0.25, 0.3) is 5.91 Å². The van der Waals surface area contributed by atoms with Gasteiger partial charge in [-0.25, -0.2) is 9.78 Å². The lowest BCUT2D eigenvalue weighted by Crippen LogP contribution is -2.43. The summed E-state index contributed by atoms with van der Waals surface area (Å²) in [6, 6.07) is 2.91. The second-order valence-corrected chi connectivity index (χ2v) is 5.73. The maximum atomic E-state index is 12.4. The number of pyridine rings is 1. The Morgan fingerprint density at radius 2 is 2.16 bits per heavy atom. The zero-order chi connectivity index (χ0) is 14.0. The van der Waals surface area contributed by atoms with Crippen LogP contribution in [-0.4, -0.2) is 40.0 Å². The van der Waals surface area contributed by atoms with Crippen molar-refractivity contribution in [2.45, 2.75) is 26.7 Å². The van der Waals surface area contributed by atoms with Gasteiger partial charge in [-0.15, -0.1) is 0 Å². The fraction of sp³-hybridized carbons (Fsp3) is 0.500. The number of hydrogen-bond donors (Lipinski definition) is 1. The van der Waals surface area contributed by atoms with Crippen molar-refractivity contribution in [3.05, 3.63) is 29.6 Å². The molecule has 0 atom stereocenters. The fourth-order valence-corrected chi connectivity index (χ4v) is 2.46. The lowest BCUT2D eigenvalue weighted by molar-refractivity contribution is 0.0583. The fourth-order valence-electron chi connectivity index (χ4n) is 2.46. The van der Waals surface area contributed by atoms with E-state index in [1.165, 1.54) is 12.3 Å². The molecule has 19 heavy (non-hydrogen) atoms. The largest absolute Gasteiger partial charge is 0.477 e. The van der Waals surface area contributed by atoms with E-state index in [9.17, 15) is 9.59 Å². The van der Waals surface area contributed by atoms with Gasteiger partial charge in [-0.1, -0.05) is 13.8 Å². The van der Waals surface area contributed by atoms with Gasteiger partial charge in [0.15, 0.2) is 0 Å². The molecule has 1 amide bonds. The maximum Gasteiger partial charge on any atom is 0.354 e. The third-order valence-corrected chi connectivity index (χ3v) is 3.41. The van der Waals surface area contributed by atoms with Crippen molar-refractivity contribution < 1.29 is 14.7 Å². The van der Waals surface area contributed by atoms with E-state index in [0.29, 0.717) is 12.1 Å². The highest BCUT2D eigenvalue weighted by atomic mass is 16.4. The molecule has 0 aliphatic carbocycles. The first kappa shape index (κ1) is 13.5. The molecule has 0 aromatic carbocycles. The van der Waals surface area contributed by atoms with Crippen LogP contribution in [-0.2, 0) is 0 Å². The smallest absolute Gasteiger partial charge is 0.354 e. The van der Waals surface area contributed by atoms with Crippen molar-refractivity contribution in [3.8, 4) is 0 Å². The minimum Gasteiger partial charge on any atom is -0.477 e. The molecule has 1 aromatic heterocycles. The topological polar surface area (TPSA) is 70.5 Å². The number of carboxylic acid groups (broad SMARTS) is 1. The molecule has 0 bridgehead atoms. The second-order valence-electron chi connectivity index (χ2n) is 5.73. The SMILES string of the molecule is CC1(C)CCCN(C(=O)c2ccnc(C(=O)O)c2)C1. The summed E-state index contributed by atoms with van der Waals surface area (Å²) < 4.78 is 0. The summed E-state index contributed by atoms with van der Waals surface area (Å²) in [5.74, 6) is -1.23. The third-order valence-electron chi connectivity index (χ3n) is 3.41. The van der Waals surface area contributed by atoms with Crippen molar-refractivity contribution >= 4 is 11.9 Å². The molecule has 0 unspecified atom stereocenters. The molecule has 5 heteroatoms. The van der Waals surface area contributed by atoms with E-state index in [4.69, 9.17) is 5.11 Å². The normalized spacial score (nSPS) is 18.1. The number of aromatic carboxylic acids is 1. The Labute approximate surface area is 112 Å². The quantitative estimate of drug-likeness (QED) is 0.885. The van der Waals surface area contributed by atoms with E-state index >= 15 is 0 Å². The second kappa shape index (κ2) is 4.99. The van der Waals surface area contributed by atoms with Crippen LogP contribution >= 0.6 is 0 Å². The van der Waals surface area contributed by atoms with Gasteiger partial charge in [-0.2, -0.15) is 0 Å². The number of nitrogens with zero attached hydrogens (tertiary/aromatic N) is 2. The van der Waals surface area contributed by atoms with Crippen LogP contribution in [0.5, 0.6) is 0 Å². The summed E-state index contributed by atoms with van der Waals surface area (Å²) in [5.41, 5.74) is 0.420. The Kier molecular flexibility index (Phi) is 3.55. The van der Waals surface area contributed by atoms with Crippen LogP contribution in [0, 0.1) is 5.41 Å². The van der Waals surface area contributed by atoms with Gasteiger partial charge in [0.05, 0.1) is 0 Å². The average Bonchev–Trinajstić information content (AvgIpc) is 2.37. The van der Waals surface area contributed by atoms with Gasteiger partial charge >= 0.3 is 5.97 Å². The zero-order valence-corrected chi connectivity index (χ0v) is 11.2. The molecule has 1 aliphatic heterocycles. The molecule has 2 rings (SSSR count). The van der Waals surface area contributed by atoms with Crippen molar-refractivity contribution in [1.29, 1.82) is 0 Å². The maximum absolute atomic E-state index is 12.4. The highest BCUT2D eigenvalue weighted by Crippen LogP contribution is 2.29. The molecular weight excluding hydrogens is 244 g/mol. The number of carbonyl (C=O) groups is 2. The van der Waals surface area contributed by atoms with E-state index in [0.717, 1.165) is 19.4 Å². The van der Waals surface area contributed by atoms with E-state index in [2.05, 4.69) is 18.8 Å². The van der Waals surface area contributed by atoms with Gasteiger partial charge < -0.3 is 10.0 Å². The molecule has 1 aliphatic rings. The number of piperidine rings is 1. The first-order valence-corrected chi connectivity index (χ1v) is 6.38. The molecule has 5 nitrogen and oxygen atoms in total. The van der Waals surface area contributed by atoms with Crippen molar-refractivity contribution in [1.82, 2.24) is 9.88 Å². The predicted octanol–water partition coefficient (Wildman–Crippen LogP) is 2.04. The molecule has 1 aromatic rings. The first-order chi connectivity index (χ1) is 8.89. The minimum atomic E-state index is -1.12. The first-order valence-electron chi connectivity index (χ1n) is 6.38. The molecule has 0 spiro atoms. The van der Waals surface area contributed by atoms with Gasteiger partial charge in [-0.3, -0.25) is 4.79 Å². The highest BCUT2D eigenvalue weighted by molar-refractivity contribution is 5.96. The lowest BCUT2D eigenvalue weighted by atomic mass is 9.84. The number of likely N-dealkylation sites (tertiary alicyclic amines) is 1. The van der Waals surface area contributed by atoms with Crippen LogP contribution in [0.25, 0.3) is 0 Å². The monoisotopic (exact) mass is 262 g/mol. The van der Waals surface area contributed by atoms with Gasteiger partial charge in [-0.05, 0) is 30.4 Å². The van der Waals surface area contributed by atoms with Gasteiger partial charge in [0, 0.05) is 24.8 Å².